The first-order chi connectivity index (χ1) is 17.9. The van der Waals surface area contributed by atoms with Gasteiger partial charge in [0.15, 0.2) is 6.10 Å². The molecule has 1 unspecified atom stereocenters. The molecule has 2 aromatic carbocycles. The monoisotopic (exact) mass is 559 g/mol. The smallest absolute Gasteiger partial charge is 0.475 e. The van der Waals surface area contributed by atoms with Crippen LogP contribution in [0.1, 0.15) is 30.1 Å². The lowest BCUT2D eigenvalue weighted by Crippen LogP contribution is -2.44. The van der Waals surface area contributed by atoms with E-state index in [1.54, 1.807) is 18.3 Å². The summed E-state index contributed by atoms with van der Waals surface area (Å²) in [4.78, 5) is 23.9. The van der Waals surface area contributed by atoms with Gasteiger partial charge in [0, 0.05) is 21.4 Å². The molecule has 13 heteroatoms. The molecule has 1 saturated heterocycles. The Balaban J connectivity index is 0.000000505. The summed E-state index contributed by atoms with van der Waals surface area (Å²) in [6.07, 6.45) is -2.74. The molecule has 0 amide bonds. The number of hydrogen-bond donors (Lipinski definition) is 2. The van der Waals surface area contributed by atoms with Crippen molar-refractivity contribution in [2.24, 2.45) is 0 Å². The number of alkyl halides is 3. The molecule has 0 saturated carbocycles. The van der Waals surface area contributed by atoms with Crippen molar-refractivity contribution >= 4 is 34.4 Å². The number of nitrogens with one attached hydrogen (secondary N) is 1. The third kappa shape index (κ3) is 7.00. The second-order valence-corrected chi connectivity index (χ2v) is 9.37. The molecule has 1 fully saturated rings. The van der Waals surface area contributed by atoms with Crippen LogP contribution in [-0.4, -0.2) is 72.2 Å². The molecule has 4 rings (SSSR count). The van der Waals surface area contributed by atoms with Crippen LogP contribution in [0, 0.1) is 5.82 Å². The number of aromatic nitrogens is 2. The molecule has 0 bridgehead atoms. The van der Waals surface area contributed by atoms with Gasteiger partial charge < -0.3 is 19.5 Å². The Morgan fingerprint density at radius 3 is 2.37 bits per heavy atom. The van der Waals surface area contributed by atoms with Crippen molar-refractivity contribution in [1.29, 1.82) is 0 Å². The summed E-state index contributed by atoms with van der Waals surface area (Å²) in [6, 6.07) is 10.0. The molecule has 8 nitrogen and oxygen atoms in total. The van der Waals surface area contributed by atoms with E-state index in [0.717, 1.165) is 36.9 Å². The molecule has 1 aliphatic heterocycles. The number of halogens is 5. The predicted molar refractivity (Wildman–Crippen MR) is 130 cm³/mol. The Bertz CT molecular complexity index is 1260. The summed E-state index contributed by atoms with van der Waals surface area (Å²) in [7, 11) is 3.41. The fraction of sp³-hybridized carbons (Fsp3) is 0.400. The standard InChI is InChI=1S/C23H25ClFN3O3.C2HF3O2/c1-28-9-7-23(8-10-28,16-3-5-18(25)6-4-16)14-31-21(22(29)30-2)19-12-17(24)11-15-13-26-27-20(15)19;3-2(4,5)1(6)7/h3-6,11-13,21H,7-10,14H2,1-2H3,(H,26,27);(H,6,7). The van der Waals surface area contributed by atoms with Crippen LogP contribution in [-0.2, 0) is 24.5 Å². The van der Waals surface area contributed by atoms with Crippen molar-refractivity contribution in [1.82, 2.24) is 15.1 Å². The van der Waals surface area contributed by atoms with Crippen LogP contribution in [0.25, 0.3) is 10.9 Å². The molecule has 2 N–H and O–H groups in total. The highest BCUT2D eigenvalue weighted by molar-refractivity contribution is 6.31. The molecule has 1 aromatic heterocycles. The van der Waals surface area contributed by atoms with Crippen LogP contribution in [0.2, 0.25) is 5.02 Å². The SMILES string of the molecule is COC(=O)C(OCC1(c2ccc(F)cc2)CCN(C)CC1)c1cc(Cl)cc2cn[nH]c12.O=C(O)C(F)(F)F. The minimum absolute atomic E-state index is 0.277. The predicted octanol–water partition coefficient (Wildman–Crippen LogP) is 4.88. The van der Waals surface area contributed by atoms with Gasteiger partial charge in [0.2, 0.25) is 0 Å². The van der Waals surface area contributed by atoms with E-state index in [2.05, 4.69) is 22.1 Å². The van der Waals surface area contributed by atoms with Crippen molar-refractivity contribution in [2.45, 2.75) is 30.5 Å². The van der Waals surface area contributed by atoms with E-state index in [0.29, 0.717) is 16.1 Å². The number of aromatic amines is 1. The van der Waals surface area contributed by atoms with Gasteiger partial charge in [-0.1, -0.05) is 23.7 Å². The molecular weight excluding hydrogens is 534 g/mol. The minimum atomic E-state index is -5.08. The van der Waals surface area contributed by atoms with E-state index < -0.39 is 24.2 Å². The van der Waals surface area contributed by atoms with Crippen LogP contribution >= 0.6 is 11.6 Å². The number of carbonyl (C=O) groups is 2. The summed E-state index contributed by atoms with van der Waals surface area (Å²) >= 11 is 6.29. The first-order valence-electron chi connectivity index (χ1n) is 11.4. The average Bonchev–Trinajstić information content (AvgIpc) is 3.34. The van der Waals surface area contributed by atoms with Crippen molar-refractivity contribution in [3.63, 3.8) is 0 Å². The number of aliphatic carboxylic acids is 1. The fourth-order valence-electron chi connectivity index (χ4n) is 4.25. The molecule has 3 aromatic rings. The number of carboxylic acids is 1. The maximum Gasteiger partial charge on any atom is 0.490 e. The Morgan fingerprint density at radius 2 is 1.82 bits per heavy atom. The number of methoxy groups -OCH3 is 1. The summed E-state index contributed by atoms with van der Waals surface area (Å²) in [5.74, 6) is -3.55. The number of carbonyl (C=O) groups excluding carboxylic acids is 1. The van der Waals surface area contributed by atoms with E-state index in [1.165, 1.54) is 19.2 Å². The number of benzene rings is 2. The van der Waals surface area contributed by atoms with Gasteiger partial charge in [-0.05, 0) is 62.8 Å². The molecule has 1 atom stereocenters. The maximum absolute atomic E-state index is 13.6. The number of nitrogens with zero attached hydrogens (tertiary/aromatic N) is 2. The maximum atomic E-state index is 13.6. The van der Waals surface area contributed by atoms with Crippen LogP contribution in [0.3, 0.4) is 0 Å². The molecule has 0 radical (unpaired) electrons. The molecule has 1 aliphatic rings. The number of fused-ring (bicyclic) bond motifs is 1. The summed E-state index contributed by atoms with van der Waals surface area (Å²) in [5, 5.41) is 15.4. The summed E-state index contributed by atoms with van der Waals surface area (Å²) < 4.78 is 56.6. The number of esters is 1. The van der Waals surface area contributed by atoms with Crippen molar-refractivity contribution in [3.8, 4) is 0 Å². The third-order valence-corrected chi connectivity index (χ3v) is 6.63. The number of carboxylic acid groups (broad SMARTS) is 1. The second kappa shape index (κ2) is 12.1. The van der Waals surface area contributed by atoms with E-state index in [9.17, 15) is 22.4 Å². The number of ether oxygens (including phenoxy) is 2. The van der Waals surface area contributed by atoms with Gasteiger partial charge in [-0.25, -0.2) is 14.0 Å². The van der Waals surface area contributed by atoms with Gasteiger partial charge in [-0.15, -0.1) is 0 Å². The molecular formula is C25H26ClF4N3O5. The van der Waals surface area contributed by atoms with Crippen LogP contribution in [0.4, 0.5) is 17.6 Å². The number of rotatable bonds is 6. The van der Waals surface area contributed by atoms with Gasteiger partial charge in [0.25, 0.3) is 0 Å². The van der Waals surface area contributed by atoms with Crippen molar-refractivity contribution < 1.29 is 41.7 Å². The highest BCUT2D eigenvalue weighted by Crippen LogP contribution is 2.38. The molecule has 0 spiro atoms. The van der Waals surface area contributed by atoms with E-state index in [1.807, 2.05) is 12.1 Å². The number of H-pyrrole nitrogens is 1. The molecule has 0 aliphatic carbocycles. The van der Waals surface area contributed by atoms with Crippen LogP contribution in [0.15, 0.2) is 42.6 Å². The highest BCUT2D eigenvalue weighted by Gasteiger charge is 2.39. The number of likely N-dealkylation sites (tertiary alicyclic amines) is 1. The quantitative estimate of drug-likeness (QED) is 0.327. The summed E-state index contributed by atoms with van der Waals surface area (Å²) in [5.41, 5.74) is 1.93. The normalized spacial score (nSPS) is 16.4. The second-order valence-electron chi connectivity index (χ2n) is 8.94. The lowest BCUT2D eigenvalue weighted by Gasteiger charge is -2.41. The van der Waals surface area contributed by atoms with Gasteiger partial charge in [-0.2, -0.15) is 18.3 Å². The van der Waals surface area contributed by atoms with E-state index >= 15 is 0 Å². The highest BCUT2D eigenvalue weighted by atomic mass is 35.5. The van der Waals surface area contributed by atoms with Crippen molar-refractivity contribution in [2.75, 3.05) is 33.9 Å². The Kier molecular flexibility index (Phi) is 9.34. The fourth-order valence-corrected chi connectivity index (χ4v) is 4.49. The van der Waals surface area contributed by atoms with Gasteiger partial charge in [0.05, 0.1) is 25.4 Å². The zero-order valence-corrected chi connectivity index (χ0v) is 21.3. The zero-order chi connectivity index (χ0) is 28.1. The number of piperidine rings is 1. The average molecular weight is 560 g/mol. The van der Waals surface area contributed by atoms with Crippen LogP contribution in [0.5, 0.6) is 0 Å². The Labute approximate surface area is 220 Å². The first-order valence-corrected chi connectivity index (χ1v) is 11.8. The zero-order valence-electron chi connectivity index (χ0n) is 20.5. The molecule has 38 heavy (non-hydrogen) atoms. The Morgan fingerprint density at radius 1 is 1.21 bits per heavy atom. The van der Waals surface area contributed by atoms with Crippen LogP contribution < -0.4 is 0 Å². The van der Waals surface area contributed by atoms with Crippen molar-refractivity contribution in [3.05, 3.63) is 64.6 Å². The summed E-state index contributed by atoms with van der Waals surface area (Å²) in [6.45, 7) is 2.05. The lowest BCUT2D eigenvalue weighted by atomic mass is 9.73. The van der Waals surface area contributed by atoms with E-state index in [-0.39, 0.29) is 17.8 Å². The Hall–Kier alpha value is -3.22. The first kappa shape index (κ1) is 29.3. The largest absolute Gasteiger partial charge is 0.490 e. The molecule has 2 heterocycles. The van der Waals surface area contributed by atoms with Gasteiger partial charge in [0.1, 0.15) is 5.82 Å². The van der Waals surface area contributed by atoms with Gasteiger partial charge >= 0.3 is 18.1 Å². The van der Waals surface area contributed by atoms with Gasteiger partial charge in [-0.3, -0.25) is 5.10 Å². The number of hydrogen-bond acceptors (Lipinski definition) is 6. The topological polar surface area (TPSA) is 105 Å². The minimum Gasteiger partial charge on any atom is -0.475 e. The lowest BCUT2D eigenvalue weighted by molar-refractivity contribution is -0.192. The molecule has 206 valence electrons. The van der Waals surface area contributed by atoms with E-state index in [4.69, 9.17) is 31.0 Å². The third-order valence-electron chi connectivity index (χ3n) is 6.41.